The molecule has 3 heteroatoms. The van der Waals surface area contributed by atoms with Crippen LogP contribution in [0.1, 0.15) is 5.56 Å². The number of benzene rings is 8. The highest BCUT2D eigenvalue weighted by Crippen LogP contribution is 2.47. The van der Waals surface area contributed by atoms with E-state index in [1.165, 1.54) is 49.4 Å². The van der Waals surface area contributed by atoms with Gasteiger partial charge in [-0.2, -0.15) is 5.26 Å². The van der Waals surface area contributed by atoms with Crippen LogP contribution in [0.15, 0.2) is 188 Å². The van der Waals surface area contributed by atoms with E-state index in [0.29, 0.717) is 5.56 Å². The first-order chi connectivity index (χ1) is 26.2. The molecule has 53 heavy (non-hydrogen) atoms. The summed E-state index contributed by atoms with van der Waals surface area (Å²) in [6.07, 6.45) is 3.81. The first-order valence-corrected chi connectivity index (χ1v) is 17.8. The van der Waals surface area contributed by atoms with Gasteiger partial charge in [0.05, 0.1) is 22.7 Å². The first kappa shape index (κ1) is 30.5. The normalized spacial score (nSPS) is 11.4. The summed E-state index contributed by atoms with van der Waals surface area (Å²) in [6.45, 7) is 0. The number of hydrogen-bond acceptors (Lipinski definition) is 2. The Morgan fingerprint density at radius 1 is 0.396 bits per heavy atom. The number of para-hydroxylation sites is 1. The number of fused-ring (bicyclic) bond motifs is 5. The summed E-state index contributed by atoms with van der Waals surface area (Å²) in [6, 6.07) is 64.9. The molecule has 2 aromatic heterocycles. The van der Waals surface area contributed by atoms with E-state index in [2.05, 4.69) is 167 Å². The number of pyridine rings is 1. The quantitative estimate of drug-likeness (QED) is 0.171. The topological polar surface area (TPSA) is 41.6 Å². The highest BCUT2D eigenvalue weighted by Gasteiger charge is 2.21. The zero-order chi connectivity index (χ0) is 35.3. The van der Waals surface area contributed by atoms with Crippen LogP contribution in [0.4, 0.5) is 0 Å². The molecular weight excluding hydrogens is 643 g/mol. The molecular formula is C50H31N3. The van der Waals surface area contributed by atoms with E-state index in [9.17, 15) is 5.26 Å². The summed E-state index contributed by atoms with van der Waals surface area (Å²) in [5.74, 6) is 0. The molecule has 0 amide bonds. The number of nitrogens with zero attached hydrogens (tertiary/aromatic N) is 3. The molecule has 0 N–H and O–H groups in total. The largest absolute Gasteiger partial charge is 0.309 e. The zero-order valence-electron chi connectivity index (χ0n) is 28.7. The summed E-state index contributed by atoms with van der Waals surface area (Å²) in [5, 5.41) is 16.8. The lowest BCUT2D eigenvalue weighted by atomic mass is 9.84. The minimum absolute atomic E-state index is 0.646. The van der Waals surface area contributed by atoms with Gasteiger partial charge in [-0.3, -0.25) is 4.98 Å². The maximum Gasteiger partial charge on any atom is 0.0991 e. The fourth-order valence-corrected chi connectivity index (χ4v) is 8.08. The summed E-state index contributed by atoms with van der Waals surface area (Å²) in [4.78, 5) is 4.58. The Kier molecular flexibility index (Phi) is 7.20. The van der Waals surface area contributed by atoms with Crippen molar-refractivity contribution >= 4 is 43.4 Å². The molecule has 10 rings (SSSR count). The second-order valence-electron chi connectivity index (χ2n) is 13.5. The maximum absolute atomic E-state index is 9.95. The Morgan fingerprint density at radius 3 is 1.49 bits per heavy atom. The molecule has 0 bridgehead atoms. The van der Waals surface area contributed by atoms with Gasteiger partial charge in [0.25, 0.3) is 0 Å². The van der Waals surface area contributed by atoms with Crippen LogP contribution in [0.25, 0.3) is 93.5 Å². The Balaban J connectivity index is 1.34. The van der Waals surface area contributed by atoms with Gasteiger partial charge in [0.2, 0.25) is 0 Å². The molecule has 0 aliphatic heterocycles. The van der Waals surface area contributed by atoms with Gasteiger partial charge in [-0.1, -0.05) is 115 Å². The van der Waals surface area contributed by atoms with Crippen molar-refractivity contribution in [2.24, 2.45) is 0 Å². The average molecular weight is 674 g/mol. The van der Waals surface area contributed by atoms with Crippen molar-refractivity contribution in [3.63, 3.8) is 0 Å². The molecule has 0 saturated carbocycles. The van der Waals surface area contributed by atoms with Crippen LogP contribution in [-0.2, 0) is 0 Å². The van der Waals surface area contributed by atoms with Crippen LogP contribution in [0.2, 0.25) is 0 Å². The lowest BCUT2D eigenvalue weighted by Gasteiger charge is -2.20. The number of hydrogen-bond donors (Lipinski definition) is 0. The first-order valence-electron chi connectivity index (χ1n) is 17.8. The summed E-state index contributed by atoms with van der Waals surface area (Å²) in [7, 11) is 0. The van der Waals surface area contributed by atoms with Crippen molar-refractivity contribution in [2.75, 3.05) is 0 Å². The van der Waals surface area contributed by atoms with Gasteiger partial charge in [0.1, 0.15) is 0 Å². The minimum Gasteiger partial charge on any atom is -0.309 e. The van der Waals surface area contributed by atoms with E-state index in [4.69, 9.17) is 0 Å². The Labute approximate surface area is 307 Å². The van der Waals surface area contributed by atoms with Crippen LogP contribution >= 0.6 is 0 Å². The average Bonchev–Trinajstić information content (AvgIpc) is 3.56. The van der Waals surface area contributed by atoms with Gasteiger partial charge >= 0.3 is 0 Å². The second kappa shape index (κ2) is 12.5. The molecule has 0 saturated heterocycles. The molecule has 246 valence electrons. The molecule has 0 aliphatic rings. The van der Waals surface area contributed by atoms with Gasteiger partial charge in [-0.05, 0) is 121 Å². The number of aromatic nitrogens is 2. The van der Waals surface area contributed by atoms with Crippen molar-refractivity contribution in [3.05, 3.63) is 194 Å². The SMILES string of the molecule is N#Cc1ccc2c(c1)c1cc(-c3c4ccc(-c5ccccc5)cc4c(-c4cccnc4)c4ccc(-c5ccccc5)cc34)ccc1n2-c1ccccc1. The molecule has 8 aromatic carbocycles. The van der Waals surface area contributed by atoms with Crippen LogP contribution in [-0.4, -0.2) is 9.55 Å². The standard InChI is InChI=1S/C50H31N3/c51-31-33-18-24-47-43(27-33)44-30-38(21-25-48(44)53(47)40-16-8-3-9-17-40)49-41-22-19-37(35-13-6-2-7-14-35)29-46(41)50(39-15-10-26-52-32-39)42-23-20-36(28-45(42)49)34-11-4-1-5-12-34/h1-30,32H. The van der Waals surface area contributed by atoms with Crippen molar-refractivity contribution in [1.82, 2.24) is 9.55 Å². The minimum atomic E-state index is 0.646. The zero-order valence-corrected chi connectivity index (χ0v) is 28.7. The second-order valence-corrected chi connectivity index (χ2v) is 13.5. The van der Waals surface area contributed by atoms with Crippen LogP contribution in [0.3, 0.4) is 0 Å². The predicted octanol–water partition coefficient (Wildman–Crippen LogP) is 13.0. The molecule has 0 spiro atoms. The van der Waals surface area contributed by atoms with Gasteiger partial charge in [0.15, 0.2) is 0 Å². The fraction of sp³-hybridized carbons (Fsp3) is 0. The van der Waals surface area contributed by atoms with E-state index < -0.39 is 0 Å². The Hall–Kier alpha value is -7.28. The molecule has 0 fully saturated rings. The lowest BCUT2D eigenvalue weighted by molar-refractivity contribution is 1.18. The van der Waals surface area contributed by atoms with E-state index in [0.717, 1.165) is 44.2 Å². The molecule has 3 nitrogen and oxygen atoms in total. The lowest BCUT2D eigenvalue weighted by Crippen LogP contribution is -1.94. The number of rotatable bonds is 5. The van der Waals surface area contributed by atoms with E-state index in [-0.39, 0.29) is 0 Å². The van der Waals surface area contributed by atoms with Crippen LogP contribution in [0, 0.1) is 11.3 Å². The number of nitriles is 1. The van der Waals surface area contributed by atoms with E-state index in [1.807, 2.05) is 36.7 Å². The van der Waals surface area contributed by atoms with Crippen molar-refractivity contribution < 1.29 is 0 Å². The molecule has 0 atom stereocenters. The molecule has 10 aromatic rings. The third kappa shape index (κ3) is 5.08. The molecule has 2 heterocycles. The monoisotopic (exact) mass is 673 g/mol. The van der Waals surface area contributed by atoms with E-state index >= 15 is 0 Å². The van der Waals surface area contributed by atoms with Crippen LogP contribution in [0.5, 0.6) is 0 Å². The van der Waals surface area contributed by atoms with Crippen molar-refractivity contribution in [3.8, 4) is 56.3 Å². The highest BCUT2D eigenvalue weighted by molar-refractivity contribution is 6.23. The third-order valence-electron chi connectivity index (χ3n) is 10.5. The van der Waals surface area contributed by atoms with Gasteiger partial charge in [-0.15, -0.1) is 0 Å². The predicted molar refractivity (Wildman–Crippen MR) is 220 cm³/mol. The third-order valence-corrected chi connectivity index (χ3v) is 10.5. The smallest absolute Gasteiger partial charge is 0.0991 e. The molecule has 0 unspecified atom stereocenters. The van der Waals surface area contributed by atoms with Gasteiger partial charge in [0, 0.05) is 34.4 Å². The molecule has 0 aliphatic carbocycles. The Bertz CT molecular complexity index is 3030. The summed E-state index contributed by atoms with van der Waals surface area (Å²) in [5.41, 5.74) is 13.1. The van der Waals surface area contributed by atoms with Crippen LogP contribution < -0.4 is 0 Å². The fourth-order valence-electron chi connectivity index (χ4n) is 8.08. The van der Waals surface area contributed by atoms with Gasteiger partial charge < -0.3 is 4.57 Å². The summed E-state index contributed by atoms with van der Waals surface area (Å²) >= 11 is 0. The molecule has 0 radical (unpaired) electrons. The summed E-state index contributed by atoms with van der Waals surface area (Å²) < 4.78 is 2.30. The Morgan fingerprint density at radius 2 is 0.906 bits per heavy atom. The van der Waals surface area contributed by atoms with Crippen molar-refractivity contribution in [2.45, 2.75) is 0 Å². The highest BCUT2D eigenvalue weighted by atomic mass is 15.0. The maximum atomic E-state index is 9.95. The van der Waals surface area contributed by atoms with Crippen molar-refractivity contribution in [1.29, 1.82) is 5.26 Å². The van der Waals surface area contributed by atoms with Gasteiger partial charge in [-0.25, -0.2) is 0 Å². The van der Waals surface area contributed by atoms with E-state index in [1.54, 1.807) is 0 Å².